The van der Waals surface area contributed by atoms with E-state index in [-0.39, 0.29) is 0 Å². The zero-order valence-electron chi connectivity index (χ0n) is 13.8. The Balaban J connectivity index is 2.06. The molecule has 0 aliphatic rings. The van der Waals surface area contributed by atoms with Gasteiger partial charge < -0.3 is 0 Å². The molecule has 6 nitrogen and oxygen atoms in total. The number of halogens is 1. The molecule has 0 saturated carbocycles. The summed E-state index contributed by atoms with van der Waals surface area (Å²) in [6.07, 6.45) is 2.51. The summed E-state index contributed by atoms with van der Waals surface area (Å²) in [5.41, 5.74) is 4.57. The molecular formula is C17H18ClN3O3S. The lowest BCUT2D eigenvalue weighted by Crippen LogP contribution is -2.39. The quantitative estimate of drug-likeness (QED) is 0.618. The van der Waals surface area contributed by atoms with Gasteiger partial charge in [-0.2, -0.15) is 5.10 Å². The number of carbonyl (C=O) groups is 1. The lowest BCUT2D eigenvalue weighted by Gasteiger charge is -2.21. The normalized spacial score (nSPS) is 11.5. The minimum atomic E-state index is -3.65. The van der Waals surface area contributed by atoms with E-state index in [1.807, 2.05) is 31.2 Å². The number of hydrogen-bond acceptors (Lipinski definition) is 4. The Morgan fingerprint density at radius 2 is 1.92 bits per heavy atom. The van der Waals surface area contributed by atoms with E-state index in [0.717, 1.165) is 21.7 Å². The maximum Gasteiger partial charge on any atom is 0.260 e. The fourth-order valence-electron chi connectivity index (χ4n) is 2.03. The van der Waals surface area contributed by atoms with Crippen molar-refractivity contribution in [3.8, 4) is 0 Å². The van der Waals surface area contributed by atoms with E-state index >= 15 is 0 Å². The van der Waals surface area contributed by atoms with Gasteiger partial charge in [-0.05, 0) is 30.7 Å². The maximum absolute atomic E-state index is 12.0. The molecule has 0 fully saturated rings. The molecule has 0 heterocycles. The third-order valence-electron chi connectivity index (χ3n) is 3.26. The van der Waals surface area contributed by atoms with Crippen molar-refractivity contribution in [2.24, 2.45) is 5.10 Å². The lowest BCUT2D eigenvalue weighted by atomic mass is 10.2. The van der Waals surface area contributed by atoms with Crippen LogP contribution in [0.1, 0.15) is 11.1 Å². The first kappa shape index (κ1) is 19.0. The van der Waals surface area contributed by atoms with Crippen LogP contribution in [0.4, 0.5) is 5.69 Å². The van der Waals surface area contributed by atoms with Crippen LogP contribution in [0.2, 0.25) is 5.02 Å². The molecule has 0 atom stereocenters. The maximum atomic E-state index is 12.0. The van der Waals surface area contributed by atoms with Gasteiger partial charge in [0.2, 0.25) is 10.0 Å². The van der Waals surface area contributed by atoms with Gasteiger partial charge in [-0.15, -0.1) is 0 Å². The first-order valence-corrected chi connectivity index (χ1v) is 9.60. The Morgan fingerprint density at radius 1 is 1.24 bits per heavy atom. The van der Waals surface area contributed by atoms with E-state index < -0.39 is 22.5 Å². The summed E-state index contributed by atoms with van der Waals surface area (Å²) in [5, 5.41) is 4.22. The summed E-state index contributed by atoms with van der Waals surface area (Å²) in [7, 11) is -3.65. The molecule has 2 aromatic rings. The minimum Gasteiger partial charge on any atom is -0.271 e. The van der Waals surface area contributed by atoms with Crippen LogP contribution in [0.15, 0.2) is 53.6 Å². The van der Waals surface area contributed by atoms with Gasteiger partial charge in [0.15, 0.2) is 0 Å². The van der Waals surface area contributed by atoms with Gasteiger partial charge in [0.05, 0.1) is 18.2 Å². The summed E-state index contributed by atoms with van der Waals surface area (Å²) in [6.45, 7) is 1.57. The van der Waals surface area contributed by atoms with Gasteiger partial charge in [0, 0.05) is 5.02 Å². The summed E-state index contributed by atoms with van der Waals surface area (Å²) < 4.78 is 24.9. The Hall–Kier alpha value is -2.38. The first-order valence-electron chi connectivity index (χ1n) is 7.37. The van der Waals surface area contributed by atoms with E-state index in [2.05, 4.69) is 10.5 Å². The van der Waals surface area contributed by atoms with Crippen LogP contribution in [-0.4, -0.2) is 33.3 Å². The van der Waals surface area contributed by atoms with Gasteiger partial charge in [-0.1, -0.05) is 47.5 Å². The number of nitrogens with zero attached hydrogens (tertiary/aromatic N) is 2. The fraction of sp³-hybridized carbons (Fsp3) is 0.176. The van der Waals surface area contributed by atoms with Crippen LogP contribution in [0.5, 0.6) is 0 Å². The topological polar surface area (TPSA) is 78.8 Å². The van der Waals surface area contributed by atoms with Crippen LogP contribution in [0.25, 0.3) is 0 Å². The summed E-state index contributed by atoms with van der Waals surface area (Å²) in [5.74, 6) is -0.561. The Bertz CT molecular complexity index is 880. The number of hydrogen-bond donors (Lipinski definition) is 1. The molecule has 0 saturated heterocycles. The van der Waals surface area contributed by atoms with E-state index in [9.17, 15) is 13.2 Å². The number of aryl methyl sites for hydroxylation is 1. The van der Waals surface area contributed by atoms with E-state index in [4.69, 9.17) is 11.6 Å². The lowest BCUT2D eigenvalue weighted by molar-refractivity contribution is -0.119. The van der Waals surface area contributed by atoms with E-state index in [0.29, 0.717) is 10.7 Å². The highest BCUT2D eigenvalue weighted by Gasteiger charge is 2.20. The van der Waals surface area contributed by atoms with Crippen molar-refractivity contribution in [3.05, 3.63) is 64.7 Å². The first-order chi connectivity index (χ1) is 11.8. The van der Waals surface area contributed by atoms with Crippen LogP contribution < -0.4 is 9.73 Å². The molecule has 2 rings (SSSR count). The molecule has 1 amide bonds. The standard InChI is InChI=1S/C17H18ClN3O3S/c1-13-6-8-14(9-7-13)11-19-20-17(22)12-21(25(2,23)24)16-5-3-4-15(18)10-16/h3-11H,12H2,1-2H3,(H,20,22)/b19-11-. The Kier molecular flexibility index (Phi) is 6.17. The Labute approximate surface area is 152 Å². The van der Waals surface area contributed by atoms with Gasteiger partial charge in [0.25, 0.3) is 5.91 Å². The zero-order valence-corrected chi connectivity index (χ0v) is 15.4. The third kappa shape index (κ3) is 5.88. The number of amides is 1. The number of sulfonamides is 1. The average molecular weight is 380 g/mol. The van der Waals surface area contributed by atoms with Crippen LogP contribution in [0.3, 0.4) is 0 Å². The molecule has 0 aliphatic heterocycles. The minimum absolute atomic E-state index is 0.313. The molecule has 0 aromatic heterocycles. The number of benzene rings is 2. The number of anilines is 1. The van der Waals surface area contributed by atoms with Crippen molar-refractivity contribution in [2.45, 2.75) is 6.92 Å². The van der Waals surface area contributed by atoms with Crippen LogP contribution >= 0.6 is 11.6 Å². The molecule has 1 N–H and O–H groups in total. The SMILES string of the molecule is Cc1ccc(/C=N\NC(=O)CN(c2cccc(Cl)c2)S(C)(=O)=O)cc1. The summed E-state index contributed by atoms with van der Waals surface area (Å²) in [4.78, 5) is 12.0. The highest BCUT2D eigenvalue weighted by Crippen LogP contribution is 2.21. The smallest absolute Gasteiger partial charge is 0.260 e. The summed E-state index contributed by atoms with van der Waals surface area (Å²) in [6, 6.07) is 13.9. The zero-order chi connectivity index (χ0) is 18.4. The number of hydrazone groups is 1. The van der Waals surface area contributed by atoms with Crippen LogP contribution in [0, 0.1) is 6.92 Å². The van der Waals surface area contributed by atoms with Gasteiger partial charge in [-0.25, -0.2) is 13.8 Å². The molecule has 0 radical (unpaired) electrons. The van der Waals surface area contributed by atoms with Crippen LogP contribution in [-0.2, 0) is 14.8 Å². The van der Waals surface area contributed by atoms with Crippen molar-refractivity contribution in [2.75, 3.05) is 17.1 Å². The molecule has 0 aliphatic carbocycles. The predicted molar refractivity (Wildman–Crippen MR) is 101 cm³/mol. The van der Waals surface area contributed by atoms with Crippen molar-refractivity contribution < 1.29 is 13.2 Å². The third-order valence-corrected chi connectivity index (χ3v) is 4.64. The van der Waals surface area contributed by atoms with Crippen molar-refractivity contribution >= 4 is 39.4 Å². The highest BCUT2D eigenvalue weighted by molar-refractivity contribution is 7.92. The van der Waals surface area contributed by atoms with Crippen molar-refractivity contribution in [3.63, 3.8) is 0 Å². The second-order valence-corrected chi connectivity index (χ2v) is 7.80. The second-order valence-electron chi connectivity index (χ2n) is 5.45. The molecule has 0 bridgehead atoms. The monoisotopic (exact) mass is 379 g/mol. The molecule has 8 heteroatoms. The largest absolute Gasteiger partial charge is 0.271 e. The number of carbonyl (C=O) groups excluding carboxylic acids is 1. The predicted octanol–water partition coefficient (Wildman–Crippen LogP) is 2.56. The fourth-order valence-corrected chi connectivity index (χ4v) is 3.06. The van der Waals surface area contributed by atoms with Crippen molar-refractivity contribution in [1.29, 1.82) is 0 Å². The van der Waals surface area contributed by atoms with Crippen molar-refractivity contribution in [1.82, 2.24) is 5.43 Å². The molecule has 25 heavy (non-hydrogen) atoms. The van der Waals surface area contributed by atoms with E-state index in [1.54, 1.807) is 18.2 Å². The number of rotatable bonds is 6. The molecule has 132 valence electrons. The van der Waals surface area contributed by atoms with Gasteiger partial charge >= 0.3 is 0 Å². The molecular weight excluding hydrogens is 362 g/mol. The number of nitrogens with one attached hydrogen (secondary N) is 1. The van der Waals surface area contributed by atoms with Gasteiger partial charge in [-0.3, -0.25) is 9.10 Å². The molecule has 2 aromatic carbocycles. The highest BCUT2D eigenvalue weighted by atomic mass is 35.5. The summed E-state index contributed by atoms with van der Waals surface area (Å²) >= 11 is 5.89. The van der Waals surface area contributed by atoms with Gasteiger partial charge in [0.1, 0.15) is 6.54 Å². The van der Waals surface area contributed by atoms with E-state index in [1.165, 1.54) is 12.3 Å². The Morgan fingerprint density at radius 3 is 2.52 bits per heavy atom. The second kappa shape index (κ2) is 8.13. The molecule has 0 unspecified atom stereocenters. The average Bonchev–Trinajstić information content (AvgIpc) is 2.53. The molecule has 0 spiro atoms.